The third-order valence-corrected chi connectivity index (χ3v) is 11.3. The smallest absolute Gasteiger partial charge is 0.329 e. The fraction of sp³-hybridized carbons (Fsp3) is 0. The van der Waals surface area contributed by atoms with Gasteiger partial charge in [0, 0.05) is 59.1 Å². The molecule has 0 atom stereocenters. The summed E-state index contributed by atoms with van der Waals surface area (Å²) in [6, 6.07) is 56.3. The van der Waals surface area contributed by atoms with Crippen LogP contribution in [0.5, 0.6) is 0 Å². The molecule has 4 heteroatoms. The Bertz CT molecular complexity index is 2720. The van der Waals surface area contributed by atoms with E-state index in [0.29, 0.717) is 0 Å². The summed E-state index contributed by atoms with van der Waals surface area (Å²) in [5.74, 6) is 0. The maximum absolute atomic E-state index is 2.61. The predicted octanol–water partition coefficient (Wildman–Crippen LogP) is 10.1. The lowest BCUT2D eigenvalue weighted by molar-refractivity contribution is 1.18. The number of para-hydroxylation sites is 3. The normalized spacial score (nSPS) is 13.1. The molecular formula is C42H25BN2S. The van der Waals surface area contributed by atoms with Gasteiger partial charge in [-0.05, 0) is 70.6 Å². The van der Waals surface area contributed by atoms with E-state index >= 15 is 0 Å². The summed E-state index contributed by atoms with van der Waals surface area (Å²) in [5, 5.41) is 5.24. The minimum absolute atomic E-state index is 0.118. The Balaban J connectivity index is 1.23. The van der Waals surface area contributed by atoms with Crippen LogP contribution in [-0.2, 0) is 0 Å². The first-order valence-electron chi connectivity index (χ1n) is 15.9. The number of hydrogen-bond donors (Lipinski definition) is 0. The molecule has 7 aromatic carbocycles. The van der Waals surface area contributed by atoms with Gasteiger partial charge in [0.25, 0.3) is 0 Å². The van der Waals surface area contributed by atoms with E-state index < -0.39 is 0 Å². The highest BCUT2D eigenvalue weighted by Crippen LogP contribution is 2.49. The first-order valence-corrected chi connectivity index (χ1v) is 16.7. The van der Waals surface area contributed by atoms with Gasteiger partial charge in [-0.25, -0.2) is 0 Å². The molecule has 2 aromatic heterocycles. The van der Waals surface area contributed by atoms with Crippen molar-refractivity contribution < 1.29 is 0 Å². The highest BCUT2D eigenvalue weighted by molar-refractivity contribution is 7.26. The highest BCUT2D eigenvalue weighted by atomic mass is 32.1. The summed E-state index contributed by atoms with van der Waals surface area (Å²) in [5.41, 5.74) is 14.2. The van der Waals surface area contributed by atoms with Crippen LogP contribution in [0.15, 0.2) is 152 Å². The van der Waals surface area contributed by atoms with Gasteiger partial charge in [-0.15, -0.1) is 11.3 Å². The van der Waals surface area contributed by atoms with Gasteiger partial charge in [0.1, 0.15) is 0 Å². The molecule has 4 heterocycles. The van der Waals surface area contributed by atoms with Gasteiger partial charge in [0.2, 0.25) is 0 Å². The van der Waals surface area contributed by atoms with E-state index in [1.54, 1.807) is 0 Å². The van der Waals surface area contributed by atoms with Crippen LogP contribution < -0.4 is 15.7 Å². The molecule has 9 aromatic rings. The standard InChI is InChI=1S/C42H25BN2S/c1-2-12-26(13-3-1)44-37-20-10-6-17-30(37)31-22-33-34-23-40-32(24-41(34)46-42(33)25-39(31)44)28-15-5-9-19-36(28)43-35-18-8-4-14-27(35)29-16-7-11-21-38(29)45(40)43/h1-25H. The monoisotopic (exact) mass is 600 g/mol. The van der Waals surface area contributed by atoms with Gasteiger partial charge in [0.15, 0.2) is 0 Å². The van der Waals surface area contributed by atoms with Crippen LogP contribution >= 0.6 is 11.3 Å². The molecule has 0 unspecified atom stereocenters. The fourth-order valence-corrected chi connectivity index (χ4v) is 9.41. The quantitative estimate of drug-likeness (QED) is 0.170. The second kappa shape index (κ2) is 9.00. The fourth-order valence-electron chi connectivity index (χ4n) is 8.27. The van der Waals surface area contributed by atoms with Crippen molar-refractivity contribution in [2.24, 2.45) is 0 Å². The van der Waals surface area contributed by atoms with Crippen molar-refractivity contribution in [3.05, 3.63) is 152 Å². The second-order valence-corrected chi connectivity index (χ2v) is 13.6. The summed E-state index contributed by atoms with van der Waals surface area (Å²) in [7, 11) is 0. The number of aromatic nitrogens is 1. The molecule has 212 valence electrons. The zero-order valence-electron chi connectivity index (χ0n) is 24.8. The van der Waals surface area contributed by atoms with Gasteiger partial charge in [0.05, 0.1) is 11.0 Å². The number of benzene rings is 7. The molecule has 0 radical (unpaired) electrons. The van der Waals surface area contributed by atoms with Crippen molar-refractivity contribution >= 4 is 82.5 Å². The van der Waals surface area contributed by atoms with Crippen LogP contribution in [0.25, 0.3) is 69.9 Å². The molecule has 2 nitrogen and oxygen atoms in total. The number of nitrogens with zero attached hydrogens (tertiary/aromatic N) is 2. The van der Waals surface area contributed by atoms with Crippen LogP contribution in [0, 0.1) is 0 Å². The van der Waals surface area contributed by atoms with Crippen LogP contribution in [0.2, 0.25) is 0 Å². The number of fused-ring (bicyclic) bond motifs is 17. The number of anilines is 2. The summed E-state index contributed by atoms with van der Waals surface area (Å²) < 4.78 is 5.07. The van der Waals surface area contributed by atoms with E-state index in [0.717, 1.165) is 0 Å². The number of hydrogen-bond acceptors (Lipinski definition) is 2. The molecule has 46 heavy (non-hydrogen) atoms. The zero-order valence-corrected chi connectivity index (χ0v) is 25.6. The van der Waals surface area contributed by atoms with E-state index in [9.17, 15) is 0 Å². The van der Waals surface area contributed by atoms with Crippen molar-refractivity contribution in [2.75, 3.05) is 4.81 Å². The molecule has 2 aliphatic heterocycles. The highest BCUT2D eigenvalue weighted by Gasteiger charge is 2.42. The largest absolute Gasteiger partial charge is 0.376 e. The third kappa shape index (κ3) is 3.16. The average Bonchev–Trinajstić information content (AvgIpc) is 3.64. The predicted molar refractivity (Wildman–Crippen MR) is 198 cm³/mol. The van der Waals surface area contributed by atoms with Gasteiger partial charge >= 0.3 is 6.85 Å². The molecule has 0 amide bonds. The van der Waals surface area contributed by atoms with Crippen LogP contribution in [0.1, 0.15) is 0 Å². The van der Waals surface area contributed by atoms with E-state index in [1.807, 2.05) is 11.3 Å². The summed E-state index contributed by atoms with van der Waals surface area (Å²) >= 11 is 1.91. The summed E-state index contributed by atoms with van der Waals surface area (Å²) in [6.07, 6.45) is 0. The van der Waals surface area contributed by atoms with Crippen molar-refractivity contribution in [2.45, 2.75) is 0 Å². The minimum atomic E-state index is 0.118. The lowest BCUT2D eigenvalue weighted by Gasteiger charge is -2.43. The summed E-state index contributed by atoms with van der Waals surface area (Å²) in [4.78, 5) is 2.61. The second-order valence-electron chi connectivity index (χ2n) is 12.5. The Morgan fingerprint density at radius 1 is 0.413 bits per heavy atom. The Hall–Kier alpha value is -5.58. The molecule has 0 fully saturated rings. The van der Waals surface area contributed by atoms with E-state index in [-0.39, 0.29) is 6.85 Å². The maximum Gasteiger partial charge on any atom is 0.329 e. The Labute approximate surface area is 270 Å². The molecule has 0 spiro atoms. The van der Waals surface area contributed by atoms with E-state index in [1.165, 1.54) is 92.2 Å². The lowest BCUT2D eigenvalue weighted by atomic mass is 9.43. The molecule has 11 rings (SSSR count). The summed E-state index contributed by atoms with van der Waals surface area (Å²) in [6.45, 7) is 0.118. The van der Waals surface area contributed by atoms with Gasteiger partial charge in [-0.2, -0.15) is 0 Å². The molecular weight excluding hydrogens is 575 g/mol. The topological polar surface area (TPSA) is 8.17 Å². The van der Waals surface area contributed by atoms with E-state index in [2.05, 4.69) is 161 Å². The molecule has 0 saturated carbocycles. The van der Waals surface area contributed by atoms with Crippen molar-refractivity contribution in [3.8, 4) is 27.9 Å². The van der Waals surface area contributed by atoms with Crippen molar-refractivity contribution in [1.29, 1.82) is 0 Å². The Morgan fingerprint density at radius 2 is 1.04 bits per heavy atom. The van der Waals surface area contributed by atoms with E-state index in [4.69, 9.17) is 0 Å². The third-order valence-electron chi connectivity index (χ3n) is 10.2. The first-order chi connectivity index (χ1) is 22.8. The Kier molecular flexibility index (Phi) is 4.83. The zero-order chi connectivity index (χ0) is 29.9. The molecule has 0 N–H and O–H groups in total. The van der Waals surface area contributed by atoms with Gasteiger partial charge in [-0.1, -0.05) is 103 Å². The maximum atomic E-state index is 2.61. The molecule has 0 bridgehead atoms. The minimum Gasteiger partial charge on any atom is -0.376 e. The van der Waals surface area contributed by atoms with Crippen LogP contribution in [-0.4, -0.2) is 11.4 Å². The van der Waals surface area contributed by atoms with Crippen LogP contribution in [0.3, 0.4) is 0 Å². The first kappa shape index (κ1) is 24.7. The molecule has 0 aliphatic carbocycles. The van der Waals surface area contributed by atoms with Crippen molar-refractivity contribution in [1.82, 2.24) is 4.57 Å². The number of thiophene rings is 1. The molecule has 2 aliphatic rings. The number of rotatable bonds is 1. The SMILES string of the molecule is c1ccc(-n2c3ccccc3c3cc4c(cc32)sc2cc3c(cc24)N2B(c4ccccc4-c4ccccc42)c2ccccc2-3)cc1. The van der Waals surface area contributed by atoms with Crippen molar-refractivity contribution in [3.63, 3.8) is 0 Å². The average molecular weight is 601 g/mol. The van der Waals surface area contributed by atoms with Crippen LogP contribution in [0.4, 0.5) is 11.4 Å². The molecule has 0 saturated heterocycles. The lowest BCUT2D eigenvalue weighted by Crippen LogP contribution is -2.59. The Morgan fingerprint density at radius 3 is 1.87 bits per heavy atom. The van der Waals surface area contributed by atoms with Gasteiger partial charge in [-0.3, -0.25) is 0 Å². The van der Waals surface area contributed by atoms with Gasteiger partial charge < -0.3 is 9.38 Å².